The summed E-state index contributed by atoms with van der Waals surface area (Å²) in [4.78, 5) is 8.77. The van der Waals surface area contributed by atoms with Crippen LogP contribution in [-0.2, 0) is 0 Å². The molecule has 90 valence electrons. The highest BCUT2D eigenvalue weighted by molar-refractivity contribution is 5.37. The number of rotatable bonds is 5. The lowest BCUT2D eigenvalue weighted by Gasteiger charge is -2.32. The van der Waals surface area contributed by atoms with E-state index < -0.39 is 0 Å². The maximum Gasteiger partial charge on any atom is 0.145 e. The van der Waals surface area contributed by atoms with Crippen molar-refractivity contribution in [3.8, 4) is 0 Å². The molecule has 0 aliphatic rings. The van der Waals surface area contributed by atoms with Crippen molar-refractivity contribution in [2.45, 2.75) is 46.1 Å². The van der Waals surface area contributed by atoms with Crippen LogP contribution in [-0.4, -0.2) is 22.1 Å². The number of nitrogens with zero attached hydrogens (tertiary/aromatic N) is 2. The molecule has 16 heavy (non-hydrogen) atoms. The Morgan fingerprint density at radius 1 is 1.25 bits per heavy atom. The van der Waals surface area contributed by atoms with Crippen LogP contribution in [0, 0.1) is 13.8 Å². The van der Waals surface area contributed by atoms with Crippen molar-refractivity contribution in [3.05, 3.63) is 17.6 Å². The average molecular weight is 222 g/mol. The molecule has 0 atom stereocenters. The van der Waals surface area contributed by atoms with Gasteiger partial charge in [-0.25, -0.2) is 4.98 Å². The summed E-state index contributed by atoms with van der Waals surface area (Å²) in [6.45, 7) is 8.81. The van der Waals surface area contributed by atoms with E-state index in [-0.39, 0.29) is 5.54 Å². The Bertz CT molecular complexity index is 337. The molecular weight excluding hydrogens is 200 g/mol. The topological polar surface area (TPSA) is 63.8 Å². The van der Waals surface area contributed by atoms with Gasteiger partial charge in [0.2, 0.25) is 0 Å². The molecule has 1 rings (SSSR count). The third kappa shape index (κ3) is 2.70. The van der Waals surface area contributed by atoms with E-state index in [1.807, 2.05) is 13.8 Å². The van der Waals surface area contributed by atoms with Crippen molar-refractivity contribution in [2.24, 2.45) is 5.73 Å². The lowest BCUT2D eigenvalue weighted by molar-refractivity contribution is 0.443. The van der Waals surface area contributed by atoms with Crippen LogP contribution < -0.4 is 11.1 Å². The monoisotopic (exact) mass is 222 g/mol. The third-order valence-corrected chi connectivity index (χ3v) is 3.33. The molecule has 0 saturated carbocycles. The molecule has 0 aliphatic heterocycles. The van der Waals surface area contributed by atoms with Crippen molar-refractivity contribution in [1.82, 2.24) is 9.97 Å². The Labute approximate surface area is 97.7 Å². The van der Waals surface area contributed by atoms with E-state index in [1.165, 1.54) is 0 Å². The number of nitrogens with one attached hydrogen (secondary N) is 1. The normalized spacial score (nSPS) is 11.6. The maximum atomic E-state index is 5.83. The number of nitrogens with two attached hydrogens (primary N) is 1. The van der Waals surface area contributed by atoms with Crippen LogP contribution in [0.25, 0.3) is 0 Å². The summed E-state index contributed by atoms with van der Waals surface area (Å²) in [5.74, 6) is 0.817. The van der Waals surface area contributed by atoms with Crippen molar-refractivity contribution in [1.29, 1.82) is 0 Å². The first-order valence-electron chi connectivity index (χ1n) is 5.85. The van der Waals surface area contributed by atoms with Crippen LogP contribution in [0.15, 0.2) is 6.20 Å². The minimum Gasteiger partial charge on any atom is -0.362 e. The van der Waals surface area contributed by atoms with E-state index in [0.29, 0.717) is 6.54 Å². The fraction of sp³-hybridized carbons (Fsp3) is 0.667. The lowest BCUT2D eigenvalue weighted by atomic mass is 9.93. The summed E-state index contributed by atoms with van der Waals surface area (Å²) in [6.07, 6.45) is 3.74. The Morgan fingerprint density at radius 3 is 2.31 bits per heavy atom. The van der Waals surface area contributed by atoms with Crippen molar-refractivity contribution in [3.63, 3.8) is 0 Å². The van der Waals surface area contributed by atoms with Crippen LogP contribution in [0.4, 0.5) is 5.82 Å². The van der Waals surface area contributed by atoms with E-state index in [0.717, 1.165) is 30.0 Å². The molecule has 0 unspecified atom stereocenters. The number of aromatic nitrogens is 2. The van der Waals surface area contributed by atoms with Gasteiger partial charge in [-0.05, 0) is 26.7 Å². The standard InChI is InChI=1S/C12H22N4/c1-5-12(6-2,8-13)16-11-7-14-9(3)10(4)15-11/h7H,5-6,8,13H2,1-4H3,(H,15,16). The Kier molecular flexibility index (Phi) is 4.24. The highest BCUT2D eigenvalue weighted by Gasteiger charge is 2.24. The number of aryl methyl sites for hydroxylation is 2. The lowest BCUT2D eigenvalue weighted by Crippen LogP contribution is -2.44. The van der Waals surface area contributed by atoms with Crippen molar-refractivity contribution < 1.29 is 0 Å². The van der Waals surface area contributed by atoms with Crippen molar-refractivity contribution >= 4 is 5.82 Å². The Morgan fingerprint density at radius 2 is 1.88 bits per heavy atom. The van der Waals surface area contributed by atoms with E-state index in [9.17, 15) is 0 Å². The van der Waals surface area contributed by atoms with Gasteiger partial charge in [0.25, 0.3) is 0 Å². The molecule has 0 aliphatic carbocycles. The fourth-order valence-electron chi connectivity index (χ4n) is 1.64. The van der Waals surface area contributed by atoms with E-state index in [4.69, 9.17) is 5.73 Å². The smallest absolute Gasteiger partial charge is 0.145 e. The van der Waals surface area contributed by atoms with Crippen molar-refractivity contribution in [2.75, 3.05) is 11.9 Å². The highest BCUT2D eigenvalue weighted by atomic mass is 15.1. The minimum absolute atomic E-state index is 0.0591. The first-order valence-corrected chi connectivity index (χ1v) is 5.85. The third-order valence-electron chi connectivity index (χ3n) is 3.33. The molecule has 0 fully saturated rings. The van der Waals surface area contributed by atoms with Gasteiger partial charge in [0.15, 0.2) is 0 Å². The summed E-state index contributed by atoms with van der Waals surface area (Å²) in [7, 11) is 0. The number of hydrogen-bond acceptors (Lipinski definition) is 4. The molecule has 0 aromatic carbocycles. The first kappa shape index (κ1) is 12.9. The van der Waals surface area contributed by atoms with Gasteiger partial charge in [-0.1, -0.05) is 13.8 Å². The molecule has 0 bridgehead atoms. The molecule has 4 heteroatoms. The Balaban J connectivity index is 2.89. The van der Waals surface area contributed by atoms with Gasteiger partial charge in [-0.15, -0.1) is 0 Å². The van der Waals surface area contributed by atoms with Crippen LogP contribution in [0.5, 0.6) is 0 Å². The predicted molar refractivity (Wildman–Crippen MR) is 67.5 cm³/mol. The Hall–Kier alpha value is -1.16. The van der Waals surface area contributed by atoms with Gasteiger partial charge in [-0.2, -0.15) is 0 Å². The van der Waals surface area contributed by atoms with Gasteiger partial charge in [0, 0.05) is 6.54 Å². The second-order valence-corrected chi connectivity index (χ2v) is 4.24. The van der Waals surface area contributed by atoms with Gasteiger partial charge in [0.05, 0.1) is 23.1 Å². The molecule has 0 amide bonds. The van der Waals surface area contributed by atoms with Gasteiger partial charge in [-0.3, -0.25) is 4.98 Å². The van der Waals surface area contributed by atoms with E-state index >= 15 is 0 Å². The summed E-state index contributed by atoms with van der Waals surface area (Å²) >= 11 is 0. The summed E-state index contributed by atoms with van der Waals surface area (Å²) in [6, 6.07) is 0. The fourth-order valence-corrected chi connectivity index (χ4v) is 1.64. The van der Waals surface area contributed by atoms with Crippen LogP contribution >= 0.6 is 0 Å². The van der Waals surface area contributed by atoms with E-state index in [1.54, 1.807) is 6.20 Å². The van der Waals surface area contributed by atoms with Gasteiger partial charge < -0.3 is 11.1 Å². The zero-order chi connectivity index (χ0) is 12.2. The number of hydrogen-bond donors (Lipinski definition) is 2. The predicted octanol–water partition coefficient (Wildman–Crippen LogP) is 2.02. The molecule has 0 saturated heterocycles. The maximum absolute atomic E-state index is 5.83. The quantitative estimate of drug-likeness (QED) is 0.800. The van der Waals surface area contributed by atoms with Crippen LogP contribution in [0.2, 0.25) is 0 Å². The summed E-state index contributed by atoms with van der Waals surface area (Å²) in [5.41, 5.74) is 7.71. The van der Waals surface area contributed by atoms with Crippen LogP contribution in [0.3, 0.4) is 0 Å². The summed E-state index contributed by atoms with van der Waals surface area (Å²) in [5, 5.41) is 3.41. The summed E-state index contributed by atoms with van der Waals surface area (Å²) < 4.78 is 0. The second-order valence-electron chi connectivity index (χ2n) is 4.24. The molecule has 1 heterocycles. The highest BCUT2D eigenvalue weighted by Crippen LogP contribution is 2.19. The minimum atomic E-state index is -0.0591. The van der Waals surface area contributed by atoms with Crippen LogP contribution in [0.1, 0.15) is 38.1 Å². The molecule has 0 radical (unpaired) electrons. The second kappa shape index (κ2) is 5.25. The average Bonchev–Trinajstić information content (AvgIpc) is 2.31. The molecule has 0 spiro atoms. The molecular formula is C12H22N4. The number of anilines is 1. The first-order chi connectivity index (χ1) is 7.56. The SMILES string of the molecule is CCC(CC)(CN)Nc1cnc(C)c(C)n1. The molecule has 1 aromatic rings. The zero-order valence-corrected chi connectivity index (χ0v) is 10.7. The van der Waals surface area contributed by atoms with Gasteiger partial charge in [0.1, 0.15) is 5.82 Å². The largest absolute Gasteiger partial charge is 0.362 e. The molecule has 1 aromatic heterocycles. The van der Waals surface area contributed by atoms with E-state index in [2.05, 4.69) is 29.1 Å². The zero-order valence-electron chi connectivity index (χ0n) is 10.7. The van der Waals surface area contributed by atoms with Gasteiger partial charge >= 0.3 is 0 Å². The molecule has 3 N–H and O–H groups in total. The molecule has 4 nitrogen and oxygen atoms in total.